The van der Waals surface area contributed by atoms with E-state index in [9.17, 15) is 14.3 Å². The van der Waals surface area contributed by atoms with Gasteiger partial charge in [-0.15, -0.1) is 0 Å². The molecule has 0 bridgehead atoms. The van der Waals surface area contributed by atoms with Gasteiger partial charge >= 0.3 is 0 Å². The number of anilines is 1. The van der Waals surface area contributed by atoms with Gasteiger partial charge in [-0.25, -0.2) is 4.39 Å². The molecule has 0 saturated heterocycles. The molecule has 0 fully saturated rings. The van der Waals surface area contributed by atoms with Crippen LogP contribution >= 0.6 is 0 Å². The monoisotopic (exact) mass is 282 g/mol. The van der Waals surface area contributed by atoms with E-state index in [1.54, 1.807) is 13.8 Å². The van der Waals surface area contributed by atoms with Gasteiger partial charge in [-0.2, -0.15) is 0 Å². The summed E-state index contributed by atoms with van der Waals surface area (Å²) in [4.78, 5) is 11.9. The number of nitrogens with two attached hydrogens (primary N) is 1. The van der Waals surface area contributed by atoms with Crippen LogP contribution in [0, 0.1) is 18.7 Å². The molecule has 0 spiro atoms. The molecule has 1 aromatic rings. The fourth-order valence-corrected chi connectivity index (χ4v) is 2.16. The highest BCUT2D eigenvalue weighted by Crippen LogP contribution is 2.18. The molecule has 0 heterocycles. The van der Waals surface area contributed by atoms with Crippen LogP contribution < -0.4 is 11.1 Å². The summed E-state index contributed by atoms with van der Waals surface area (Å²) in [6.45, 7) is 7.31. The SMILES string of the molecule is Cc1c(N)cc(C(=O)NCC(C)(O)CC(C)C)cc1F. The number of aliphatic hydroxyl groups is 1. The van der Waals surface area contributed by atoms with Gasteiger partial charge in [0.2, 0.25) is 0 Å². The number of halogens is 1. The number of carbonyl (C=O) groups is 1. The molecule has 112 valence electrons. The van der Waals surface area contributed by atoms with Gasteiger partial charge in [-0.1, -0.05) is 13.8 Å². The second-order valence-corrected chi connectivity index (χ2v) is 5.95. The van der Waals surface area contributed by atoms with E-state index >= 15 is 0 Å². The summed E-state index contributed by atoms with van der Waals surface area (Å²) in [6.07, 6.45) is 0.567. The minimum Gasteiger partial charge on any atom is -0.398 e. The van der Waals surface area contributed by atoms with Crippen molar-refractivity contribution in [3.8, 4) is 0 Å². The molecule has 1 amide bonds. The largest absolute Gasteiger partial charge is 0.398 e. The van der Waals surface area contributed by atoms with Crippen molar-refractivity contribution in [3.05, 3.63) is 29.1 Å². The smallest absolute Gasteiger partial charge is 0.251 e. The second-order valence-electron chi connectivity index (χ2n) is 5.95. The number of amides is 1. The summed E-state index contributed by atoms with van der Waals surface area (Å²) in [6, 6.07) is 2.59. The fraction of sp³-hybridized carbons (Fsp3) is 0.533. The molecule has 1 rings (SSSR count). The molecular weight excluding hydrogens is 259 g/mol. The Morgan fingerprint density at radius 2 is 2.10 bits per heavy atom. The molecule has 5 heteroatoms. The van der Waals surface area contributed by atoms with Crippen molar-refractivity contribution in [3.63, 3.8) is 0 Å². The minimum absolute atomic E-state index is 0.111. The number of rotatable bonds is 5. The van der Waals surface area contributed by atoms with Crippen LogP contribution in [0.2, 0.25) is 0 Å². The molecular formula is C15H23FN2O2. The highest BCUT2D eigenvalue weighted by atomic mass is 19.1. The Balaban J connectivity index is 2.73. The zero-order valence-electron chi connectivity index (χ0n) is 12.5. The van der Waals surface area contributed by atoms with Crippen molar-refractivity contribution in [2.75, 3.05) is 12.3 Å². The first-order valence-electron chi connectivity index (χ1n) is 6.68. The van der Waals surface area contributed by atoms with Gasteiger partial charge in [0.25, 0.3) is 5.91 Å². The van der Waals surface area contributed by atoms with Crippen LogP contribution in [-0.2, 0) is 0 Å². The molecule has 1 atom stereocenters. The van der Waals surface area contributed by atoms with Gasteiger partial charge in [-0.05, 0) is 38.3 Å². The standard InChI is InChI=1S/C15H23FN2O2/c1-9(2)7-15(4,20)8-18-14(19)11-5-12(16)10(3)13(17)6-11/h5-6,9,20H,7-8,17H2,1-4H3,(H,18,19). The number of hydrogen-bond donors (Lipinski definition) is 3. The van der Waals surface area contributed by atoms with Crippen molar-refractivity contribution < 1.29 is 14.3 Å². The zero-order valence-corrected chi connectivity index (χ0v) is 12.5. The van der Waals surface area contributed by atoms with E-state index in [4.69, 9.17) is 5.73 Å². The molecule has 1 unspecified atom stereocenters. The molecule has 4 nitrogen and oxygen atoms in total. The lowest BCUT2D eigenvalue weighted by Crippen LogP contribution is -2.41. The van der Waals surface area contributed by atoms with Gasteiger partial charge < -0.3 is 16.2 Å². The van der Waals surface area contributed by atoms with Crippen LogP contribution in [-0.4, -0.2) is 23.2 Å². The maximum atomic E-state index is 13.5. The molecule has 0 aliphatic carbocycles. The van der Waals surface area contributed by atoms with Gasteiger partial charge in [0.1, 0.15) is 5.82 Å². The van der Waals surface area contributed by atoms with Gasteiger partial charge in [-0.3, -0.25) is 4.79 Å². The van der Waals surface area contributed by atoms with E-state index in [0.29, 0.717) is 17.9 Å². The summed E-state index contributed by atoms with van der Waals surface area (Å²) in [5.41, 5.74) is 5.38. The lowest BCUT2D eigenvalue weighted by atomic mass is 9.94. The highest BCUT2D eigenvalue weighted by molar-refractivity contribution is 5.95. The summed E-state index contributed by atoms with van der Waals surface area (Å²) < 4.78 is 13.5. The summed E-state index contributed by atoms with van der Waals surface area (Å²) in [5.74, 6) is -0.641. The Morgan fingerprint density at radius 3 is 2.60 bits per heavy atom. The summed E-state index contributed by atoms with van der Waals surface area (Å²) in [5, 5.41) is 12.7. The molecule has 0 saturated carbocycles. The third-order valence-corrected chi connectivity index (χ3v) is 3.12. The quantitative estimate of drug-likeness (QED) is 0.725. The average molecular weight is 282 g/mol. The Bertz CT molecular complexity index is 476. The first-order valence-corrected chi connectivity index (χ1v) is 6.68. The Morgan fingerprint density at radius 1 is 1.50 bits per heavy atom. The van der Waals surface area contributed by atoms with Crippen LogP contribution in [0.3, 0.4) is 0 Å². The fourth-order valence-electron chi connectivity index (χ4n) is 2.16. The molecule has 0 aromatic heterocycles. The third-order valence-electron chi connectivity index (χ3n) is 3.12. The minimum atomic E-state index is -0.987. The number of nitrogen functional groups attached to an aromatic ring is 1. The maximum Gasteiger partial charge on any atom is 0.251 e. The van der Waals surface area contributed by atoms with Crippen molar-refractivity contribution in [1.29, 1.82) is 0 Å². The van der Waals surface area contributed by atoms with Crippen molar-refractivity contribution in [2.24, 2.45) is 5.92 Å². The van der Waals surface area contributed by atoms with Crippen LogP contribution in [0.15, 0.2) is 12.1 Å². The molecule has 20 heavy (non-hydrogen) atoms. The average Bonchev–Trinajstić information content (AvgIpc) is 2.31. The third kappa shape index (κ3) is 4.49. The zero-order chi connectivity index (χ0) is 15.5. The van der Waals surface area contributed by atoms with Gasteiger partial charge in [0, 0.05) is 23.4 Å². The maximum absolute atomic E-state index is 13.5. The van der Waals surface area contributed by atoms with Crippen LogP contribution in [0.4, 0.5) is 10.1 Å². The normalized spacial score (nSPS) is 14.2. The number of benzene rings is 1. The lowest BCUT2D eigenvalue weighted by Gasteiger charge is -2.25. The van der Waals surface area contributed by atoms with Crippen molar-refractivity contribution >= 4 is 11.6 Å². The van der Waals surface area contributed by atoms with E-state index in [1.165, 1.54) is 6.07 Å². The van der Waals surface area contributed by atoms with Crippen LogP contribution in [0.1, 0.15) is 43.1 Å². The van der Waals surface area contributed by atoms with Crippen molar-refractivity contribution in [1.82, 2.24) is 5.32 Å². The molecule has 0 radical (unpaired) electrons. The molecule has 0 aliphatic heterocycles. The predicted molar refractivity (Wildman–Crippen MR) is 78.0 cm³/mol. The van der Waals surface area contributed by atoms with E-state index in [1.807, 2.05) is 13.8 Å². The highest BCUT2D eigenvalue weighted by Gasteiger charge is 2.23. The molecule has 0 aliphatic rings. The first-order chi connectivity index (χ1) is 9.12. The van der Waals surface area contributed by atoms with Crippen LogP contribution in [0.25, 0.3) is 0 Å². The number of carbonyl (C=O) groups excluding carboxylic acids is 1. The molecule has 1 aromatic carbocycles. The first kappa shape index (κ1) is 16.4. The topological polar surface area (TPSA) is 75.4 Å². The predicted octanol–water partition coefficient (Wildman–Crippen LogP) is 2.24. The van der Waals surface area contributed by atoms with Gasteiger partial charge in [0.05, 0.1) is 5.60 Å². The Labute approximate surface area is 119 Å². The van der Waals surface area contributed by atoms with E-state index in [0.717, 1.165) is 6.07 Å². The molecule has 4 N–H and O–H groups in total. The number of hydrogen-bond acceptors (Lipinski definition) is 3. The summed E-state index contributed by atoms with van der Waals surface area (Å²) >= 11 is 0. The van der Waals surface area contributed by atoms with E-state index < -0.39 is 17.3 Å². The number of nitrogens with one attached hydrogen (secondary N) is 1. The van der Waals surface area contributed by atoms with Crippen LogP contribution in [0.5, 0.6) is 0 Å². The van der Waals surface area contributed by atoms with E-state index in [-0.39, 0.29) is 17.8 Å². The van der Waals surface area contributed by atoms with Crippen molar-refractivity contribution in [2.45, 2.75) is 39.7 Å². The Hall–Kier alpha value is -1.62. The van der Waals surface area contributed by atoms with Gasteiger partial charge in [0.15, 0.2) is 0 Å². The van der Waals surface area contributed by atoms with E-state index in [2.05, 4.69) is 5.32 Å². The lowest BCUT2D eigenvalue weighted by molar-refractivity contribution is 0.0368. The Kier molecular flexibility index (Phi) is 5.11. The summed E-state index contributed by atoms with van der Waals surface area (Å²) in [7, 11) is 0. The second kappa shape index (κ2) is 6.22.